The Hall–Kier alpha value is -0.940. The van der Waals surface area contributed by atoms with Crippen molar-refractivity contribution in [1.29, 1.82) is 0 Å². The number of hydrogen-bond acceptors (Lipinski definition) is 3. The molecule has 3 nitrogen and oxygen atoms in total. The zero-order valence-corrected chi connectivity index (χ0v) is 14.3. The van der Waals surface area contributed by atoms with Gasteiger partial charge in [-0.15, -0.1) is 11.3 Å². The smallest absolute Gasteiger partial charge is 0.254 e. The van der Waals surface area contributed by atoms with E-state index in [2.05, 4.69) is 0 Å². The van der Waals surface area contributed by atoms with E-state index in [-0.39, 0.29) is 21.6 Å². The number of rotatable bonds is 4. The van der Waals surface area contributed by atoms with E-state index in [4.69, 9.17) is 40.5 Å². The molecule has 0 saturated carbocycles. The quantitative estimate of drug-likeness (QED) is 0.781. The minimum atomic E-state index is -0.147. The first-order chi connectivity index (χ1) is 9.92. The number of benzene rings is 1. The molecule has 0 aliphatic heterocycles. The molecular weight excluding hydrogens is 351 g/mol. The van der Waals surface area contributed by atoms with Gasteiger partial charge in [0.1, 0.15) is 0 Å². The third-order valence-electron chi connectivity index (χ3n) is 2.97. The molecule has 0 bridgehead atoms. The predicted octanol–water partition coefficient (Wildman–Crippen LogP) is 4.95. The number of nitrogen functional groups attached to an aromatic ring is 1. The van der Waals surface area contributed by atoms with Crippen LogP contribution in [0.3, 0.4) is 0 Å². The van der Waals surface area contributed by atoms with Gasteiger partial charge in [0.25, 0.3) is 5.91 Å². The molecule has 0 aliphatic rings. The Morgan fingerprint density at radius 3 is 2.33 bits per heavy atom. The number of thiophene rings is 1. The van der Waals surface area contributed by atoms with Crippen molar-refractivity contribution in [3.63, 3.8) is 0 Å². The van der Waals surface area contributed by atoms with Crippen LogP contribution in [0.2, 0.25) is 14.4 Å². The number of carbonyl (C=O) groups excluding carboxylic acids is 1. The van der Waals surface area contributed by atoms with Crippen LogP contribution in [0.25, 0.3) is 0 Å². The van der Waals surface area contributed by atoms with E-state index in [0.717, 1.165) is 4.88 Å². The van der Waals surface area contributed by atoms with E-state index in [1.54, 1.807) is 4.90 Å². The van der Waals surface area contributed by atoms with Crippen LogP contribution in [0.1, 0.15) is 22.2 Å². The maximum absolute atomic E-state index is 12.5. The van der Waals surface area contributed by atoms with Crippen molar-refractivity contribution in [3.8, 4) is 0 Å². The molecule has 2 aromatic rings. The van der Waals surface area contributed by atoms with Gasteiger partial charge in [-0.3, -0.25) is 4.79 Å². The van der Waals surface area contributed by atoms with Crippen molar-refractivity contribution >= 4 is 57.7 Å². The summed E-state index contributed by atoms with van der Waals surface area (Å²) in [5.74, 6) is -0.147. The van der Waals surface area contributed by atoms with Crippen LogP contribution in [0, 0.1) is 0 Å². The summed E-state index contributed by atoms with van der Waals surface area (Å²) in [7, 11) is 0. The molecule has 2 N–H and O–H groups in total. The molecule has 21 heavy (non-hydrogen) atoms. The average Bonchev–Trinajstić information content (AvgIpc) is 2.86. The standard InChI is InChI=1S/C14H13Cl3N2OS/c1-2-19(7-9-3-4-12(17)21-9)14(20)8-5-10(15)13(18)11(16)6-8/h3-6H,2,7,18H2,1H3. The Kier molecular flexibility index (Phi) is 5.38. The summed E-state index contributed by atoms with van der Waals surface area (Å²) in [6.07, 6.45) is 0. The first-order valence-corrected chi connectivity index (χ1v) is 8.15. The van der Waals surface area contributed by atoms with Gasteiger partial charge in [-0.05, 0) is 31.2 Å². The fourth-order valence-corrected chi connectivity index (χ4v) is 3.43. The number of nitrogens with two attached hydrogens (primary N) is 1. The zero-order chi connectivity index (χ0) is 15.6. The van der Waals surface area contributed by atoms with Crippen molar-refractivity contribution in [2.75, 3.05) is 12.3 Å². The topological polar surface area (TPSA) is 46.3 Å². The highest BCUT2D eigenvalue weighted by atomic mass is 35.5. The van der Waals surface area contributed by atoms with E-state index in [1.165, 1.54) is 23.5 Å². The Morgan fingerprint density at radius 2 is 1.86 bits per heavy atom. The van der Waals surface area contributed by atoms with Crippen LogP contribution in [0.5, 0.6) is 0 Å². The molecular formula is C14H13Cl3N2OS. The summed E-state index contributed by atoms with van der Waals surface area (Å²) in [6, 6.07) is 6.80. The molecule has 1 amide bonds. The summed E-state index contributed by atoms with van der Waals surface area (Å²) < 4.78 is 0.701. The molecule has 0 unspecified atom stereocenters. The number of nitrogens with zero attached hydrogens (tertiary/aromatic N) is 1. The van der Waals surface area contributed by atoms with Gasteiger partial charge in [-0.1, -0.05) is 34.8 Å². The largest absolute Gasteiger partial charge is 0.396 e. The fourth-order valence-electron chi connectivity index (χ4n) is 1.84. The Bertz CT molecular complexity index is 649. The van der Waals surface area contributed by atoms with Crippen molar-refractivity contribution in [3.05, 3.63) is 49.1 Å². The van der Waals surface area contributed by atoms with Gasteiger partial charge in [-0.25, -0.2) is 0 Å². The van der Waals surface area contributed by atoms with Crippen LogP contribution >= 0.6 is 46.1 Å². The maximum Gasteiger partial charge on any atom is 0.254 e. The SMILES string of the molecule is CCN(Cc1ccc(Cl)s1)C(=O)c1cc(Cl)c(N)c(Cl)c1. The summed E-state index contributed by atoms with van der Waals surface area (Å²) >= 11 is 19.3. The molecule has 0 spiro atoms. The van der Waals surface area contributed by atoms with E-state index in [0.29, 0.717) is 23.0 Å². The molecule has 2 rings (SSSR count). The van der Waals surface area contributed by atoms with Gasteiger partial charge in [0.2, 0.25) is 0 Å². The number of halogens is 3. The maximum atomic E-state index is 12.5. The molecule has 0 radical (unpaired) electrons. The minimum absolute atomic E-state index is 0.147. The number of amides is 1. The molecule has 0 saturated heterocycles. The lowest BCUT2D eigenvalue weighted by Crippen LogP contribution is -2.30. The van der Waals surface area contributed by atoms with Crippen molar-refractivity contribution < 1.29 is 4.79 Å². The van der Waals surface area contributed by atoms with Crippen LogP contribution in [0.4, 0.5) is 5.69 Å². The second-order valence-electron chi connectivity index (χ2n) is 4.38. The van der Waals surface area contributed by atoms with E-state index in [1.807, 2.05) is 19.1 Å². The average molecular weight is 364 g/mol. The van der Waals surface area contributed by atoms with E-state index >= 15 is 0 Å². The Labute approximate surface area is 142 Å². The highest BCUT2D eigenvalue weighted by molar-refractivity contribution is 7.16. The van der Waals surface area contributed by atoms with E-state index in [9.17, 15) is 4.79 Å². The van der Waals surface area contributed by atoms with Crippen LogP contribution < -0.4 is 5.73 Å². The van der Waals surface area contributed by atoms with Gasteiger partial charge in [-0.2, -0.15) is 0 Å². The third-order valence-corrected chi connectivity index (χ3v) is 4.81. The summed E-state index contributed by atoms with van der Waals surface area (Å²) in [4.78, 5) is 15.3. The van der Waals surface area contributed by atoms with Gasteiger partial charge in [0.15, 0.2) is 0 Å². The first kappa shape index (κ1) is 16.4. The molecule has 0 fully saturated rings. The Morgan fingerprint density at radius 1 is 1.24 bits per heavy atom. The molecule has 0 aliphatic carbocycles. The lowest BCUT2D eigenvalue weighted by molar-refractivity contribution is 0.0754. The van der Waals surface area contributed by atoms with Gasteiger partial charge >= 0.3 is 0 Å². The molecule has 0 atom stereocenters. The lowest BCUT2D eigenvalue weighted by atomic mass is 10.1. The molecule has 112 valence electrons. The monoisotopic (exact) mass is 362 g/mol. The van der Waals surface area contributed by atoms with E-state index < -0.39 is 0 Å². The first-order valence-electron chi connectivity index (χ1n) is 6.20. The fraction of sp³-hybridized carbons (Fsp3) is 0.214. The summed E-state index contributed by atoms with van der Waals surface area (Å²) in [6.45, 7) is 2.97. The second kappa shape index (κ2) is 6.88. The third kappa shape index (κ3) is 3.83. The normalized spacial score (nSPS) is 10.7. The molecule has 1 aromatic carbocycles. The highest BCUT2D eigenvalue weighted by Gasteiger charge is 2.18. The van der Waals surface area contributed by atoms with Crippen LogP contribution in [-0.2, 0) is 6.54 Å². The predicted molar refractivity (Wildman–Crippen MR) is 90.6 cm³/mol. The summed E-state index contributed by atoms with van der Waals surface area (Å²) in [5.41, 5.74) is 6.38. The van der Waals surface area contributed by atoms with Crippen LogP contribution in [-0.4, -0.2) is 17.4 Å². The second-order valence-corrected chi connectivity index (χ2v) is 6.99. The van der Waals surface area contributed by atoms with Crippen molar-refractivity contribution in [1.82, 2.24) is 4.90 Å². The summed E-state index contributed by atoms with van der Waals surface area (Å²) in [5, 5.41) is 0.558. The van der Waals surface area contributed by atoms with Gasteiger partial charge in [0, 0.05) is 17.0 Å². The molecule has 1 aromatic heterocycles. The minimum Gasteiger partial charge on any atom is -0.396 e. The number of carbonyl (C=O) groups is 1. The zero-order valence-electron chi connectivity index (χ0n) is 11.2. The molecule has 7 heteroatoms. The van der Waals surface area contributed by atoms with Crippen molar-refractivity contribution in [2.45, 2.75) is 13.5 Å². The highest BCUT2D eigenvalue weighted by Crippen LogP contribution is 2.30. The Balaban J connectivity index is 2.24. The van der Waals surface area contributed by atoms with Crippen molar-refractivity contribution in [2.24, 2.45) is 0 Å². The van der Waals surface area contributed by atoms with Gasteiger partial charge in [0.05, 0.1) is 26.6 Å². The number of anilines is 1. The number of hydrogen-bond donors (Lipinski definition) is 1. The van der Waals surface area contributed by atoms with Crippen LogP contribution in [0.15, 0.2) is 24.3 Å². The lowest BCUT2D eigenvalue weighted by Gasteiger charge is -2.20. The van der Waals surface area contributed by atoms with Gasteiger partial charge < -0.3 is 10.6 Å². The molecule has 1 heterocycles.